The van der Waals surface area contributed by atoms with Crippen LogP contribution >= 0.6 is 0 Å². The summed E-state index contributed by atoms with van der Waals surface area (Å²) in [6, 6.07) is 14.2. The molecule has 0 bridgehead atoms. The van der Waals surface area contributed by atoms with Crippen LogP contribution in [-0.2, 0) is 30.7 Å². The molecule has 0 atom stereocenters. The lowest BCUT2D eigenvalue weighted by Crippen LogP contribution is -2.40. The molecule has 0 unspecified atom stereocenters. The van der Waals surface area contributed by atoms with Gasteiger partial charge < -0.3 is 9.74 Å². The number of carbonyl (C=O) groups excluding carboxylic acids is 1. The average Bonchev–Trinajstić information content (AvgIpc) is 3.34. The second-order valence-corrected chi connectivity index (χ2v) is 15.3. The number of nitrogens with zero attached hydrogens (tertiary/aromatic N) is 4. The van der Waals surface area contributed by atoms with Gasteiger partial charge in [-0.25, -0.2) is 9.67 Å². The Morgan fingerprint density at radius 1 is 1.12 bits per heavy atom. The summed E-state index contributed by atoms with van der Waals surface area (Å²) in [7, 11) is -0.343. The molecule has 2 aromatic heterocycles. The highest BCUT2D eigenvalue weighted by atomic mass is 28.4. The lowest BCUT2D eigenvalue weighted by Gasteiger charge is -2.36. The number of amides is 1. The third kappa shape index (κ3) is 4.99. The molecule has 180 valence electrons. The van der Waals surface area contributed by atoms with Crippen molar-refractivity contribution in [3.8, 4) is 5.69 Å². The van der Waals surface area contributed by atoms with Gasteiger partial charge in [-0.05, 0) is 35.8 Å². The van der Waals surface area contributed by atoms with E-state index in [0.29, 0.717) is 12.3 Å². The number of rotatable bonds is 7. The monoisotopic (exact) mass is 477 g/mol. The molecule has 1 aliphatic rings. The van der Waals surface area contributed by atoms with Crippen LogP contribution in [0.2, 0.25) is 18.1 Å². The molecule has 1 aliphatic heterocycles. The zero-order valence-electron chi connectivity index (χ0n) is 21.1. The molecular weight excluding hydrogens is 442 g/mol. The Morgan fingerprint density at radius 3 is 2.47 bits per heavy atom. The lowest BCUT2D eigenvalue weighted by molar-refractivity contribution is 0.0958. The molecule has 0 saturated carbocycles. The van der Waals surface area contributed by atoms with Gasteiger partial charge in [0.1, 0.15) is 5.69 Å². The number of nitrogens with one attached hydrogen (secondary N) is 1. The number of hydrogen-bond donors (Lipinski definition) is 1. The van der Waals surface area contributed by atoms with E-state index in [1.165, 1.54) is 11.1 Å². The van der Waals surface area contributed by atoms with Crippen molar-refractivity contribution >= 4 is 14.2 Å². The first-order valence-corrected chi connectivity index (χ1v) is 14.7. The van der Waals surface area contributed by atoms with Gasteiger partial charge in [0.15, 0.2) is 8.32 Å². The summed E-state index contributed by atoms with van der Waals surface area (Å²) < 4.78 is 8.59. The normalized spacial score (nSPS) is 14.3. The Bertz CT molecular complexity index is 1150. The largest absolute Gasteiger partial charge is 0.411 e. The zero-order chi connectivity index (χ0) is 24.5. The lowest BCUT2D eigenvalue weighted by atomic mass is 10.2. The van der Waals surface area contributed by atoms with Crippen molar-refractivity contribution in [3.63, 3.8) is 0 Å². The predicted molar refractivity (Wildman–Crippen MR) is 136 cm³/mol. The van der Waals surface area contributed by atoms with Crippen LogP contribution in [0.5, 0.6) is 0 Å². The topological polar surface area (TPSA) is 72.3 Å². The van der Waals surface area contributed by atoms with E-state index >= 15 is 0 Å². The van der Waals surface area contributed by atoms with Crippen LogP contribution in [0.15, 0.2) is 48.7 Å². The third-order valence-electron chi connectivity index (χ3n) is 7.01. The molecule has 1 amide bonds. The van der Waals surface area contributed by atoms with E-state index in [1.807, 2.05) is 16.8 Å². The summed E-state index contributed by atoms with van der Waals surface area (Å²) in [5.41, 5.74) is 5.92. The minimum absolute atomic E-state index is 0.122. The van der Waals surface area contributed by atoms with Gasteiger partial charge in [0.2, 0.25) is 0 Å². The standard InChI is InChI=1S/C26H35N5O2Si/c1-26(2,3)34(5,6)33-18-24-21-16-30(15-19-10-8-7-9-11-19)17-23(21)29-31(24)20-12-13-22(28-14-20)25(32)27-4/h7-14H,15-18H2,1-6H3,(H,27,32). The Morgan fingerprint density at radius 2 is 1.85 bits per heavy atom. The first-order chi connectivity index (χ1) is 16.1. The molecule has 4 rings (SSSR count). The van der Waals surface area contributed by atoms with Gasteiger partial charge in [-0.2, -0.15) is 5.10 Å². The van der Waals surface area contributed by atoms with Crippen LogP contribution < -0.4 is 5.32 Å². The first-order valence-electron chi connectivity index (χ1n) is 11.8. The molecule has 7 nitrogen and oxygen atoms in total. The number of benzene rings is 1. The van der Waals surface area contributed by atoms with Crippen LogP contribution in [0, 0.1) is 0 Å². The van der Waals surface area contributed by atoms with Crippen LogP contribution in [0.4, 0.5) is 0 Å². The maximum Gasteiger partial charge on any atom is 0.269 e. The molecule has 0 radical (unpaired) electrons. The molecule has 0 saturated heterocycles. The average molecular weight is 478 g/mol. The van der Waals surface area contributed by atoms with Gasteiger partial charge in [-0.1, -0.05) is 51.1 Å². The minimum Gasteiger partial charge on any atom is -0.411 e. The van der Waals surface area contributed by atoms with E-state index in [0.717, 1.165) is 36.7 Å². The van der Waals surface area contributed by atoms with Crippen molar-refractivity contribution in [2.45, 2.75) is 65.1 Å². The molecule has 34 heavy (non-hydrogen) atoms. The maximum absolute atomic E-state index is 11.9. The minimum atomic E-state index is -1.95. The van der Waals surface area contributed by atoms with Crippen molar-refractivity contribution in [1.82, 2.24) is 25.0 Å². The smallest absolute Gasteiger partial charge is 0.269 e. The molecule has 1 N–H and O–H groups in total. The summed E-state index contributed by atoms with van der Waals surface area (Å²) >= 11 is 0. The fraction of sp³-hybridized carbons (Fsp3) is 0.423. The molecule has 0 spiro atoms. The van der Waals surface area contributed by atoms with E-state index in [2.05, 4.69) is 73.3 Å². The van der Waals surface area contributed by atoms with Crippen molar-refractivity contribution in [3.05, 3.63) is 76.9 Å². The summed E-state index contributed by atoms with van der Waals surface area (Å²) in [4.78, 5) is 18.7. The predicted octanol–water partition coefficient (Wildman–Crippen LogP) is 4.66. The van der Waals surface area contributed by atoms with Gasteiger partial charge in [0.05, 0.1) is 29.9 Å². The van der Waals surface area contributed by atoms with Crippen LogP contribution in [0.25, 0.3) is 5.69 Å². The highest BCUT2D eigenvalue weighted by molar-refractivity contribution is 6.74. The van der Waals surface area contributed by atoms with Crippen LogP contribution in [0.3, 0.4) is 0 Å². The second kappa shape index (κ2) is 9.44. The Balaban J connectivity index is 1.63. The van der Waals surface area contributed by atoms with Gasteiger partial charge in [-0.15, -0.1) is 0 Å². The molecule has 8 heteroatoms. The first kappa shape index (κ1) is 24.3. The van der Waals surface area contributed by atoms with E-state index in [4.69, 9.17) is 9.52 Å². The Labute approximate surface area is 203 Å². The molecule has 3 aromatic rings. The summed E-state index contributed by atoms with van der Waals surface area (Å²) in [5, 5.41) is 7.72. The summed E-state index contributed by atoms with van der Waals surface area (Å²) in [6.45, 7) is 14.3. The van der Waals surface area contributed by atoms with Crippen LogP contribution in [-0.4, -0.2) is 40.9 Å². The van der Waals surface area contributed by atoms with Crippen molar-refractivity contribution in [1.29, 1.82) is 0 Å². The second-order valence-electron chi connectivity index (χ2n) is 10.4. The Hall–Kier alpha value is -2.81. The number of fused-ring (bicyclic) bond motifs is 1. The van der Waals surface area contributed by atoms with Crippen LogP contribution in [0.1, 0.15) is 53.8 Å². The summed E-state index contributed by atoms with van der Waals surface area (Å²) in [6.07, 6.45) is 1.71. The number of carbonyl (C=O) groups is 1. The number of pyridine rings is 1. The maximum atomic E-state index is 11.9. The molecule has 1 aromatic carbocycles. The molecule has 0 aliphatic carbocycles. The third-order valence-corrected chi connectivity index (χ3v) is 11.5. The van der Waals surface area contributed by atoms with E-state index in [9.17, 15) is 4.79 Å². The van der Waals surface area contributed by atoms with Gasteiger partial charge >= 0.3 is 0 Å². The fourth-order valence-electron chi connectivity index (χ4n) is 3.89. The fourth-order valence-corrected chi connectivity index (χ4v) is 4.82. The summed E-state index contributed by atoms with van der Waals surface area (Å²) in [5.74, 6) is -0.201. The van der Waals surface area contributed by atoms with Gasteiger partial charge in [0, 0.05) is 32.2 Å². The highest BCUT2D eigenvalue weighted by Gasteiger charge is 2.38. The van der Waals surface area contributed by atoms with E-state index < -0.39 is 8.32 Å². The van der Waals surface area contributed by atoms with Gasteiger partial charge in [0.25, 0.3) is 5.91 Å². The van der Waals surface area contributed by atoms with E-state index in [-0.39, 0.29) is 10.9 Å². The van der Waals surface area contributed by atoms with E-state index in [1.54, 1.807) is 19.3 Å². The quantitative estimate of drug-likeness (QED) is 0.501. The van der Waals surface area contributed by atoms with Crippen molar-refractivity contribution in [2.75, 3.05) is 7.05 Å². The number of aromatic nitrogens is 3. The number of hydrogen-bond acceptors (Lipinski definition) is 5. The molecule has 0 fully saturated rings. The Kier molecular flexibility index (Phi) is 6.75. The van der Waals surface area contributed by atoms with Gasteiger partial charge in [-0.3, -0.25) is 9.69 Å². The van der Waals surface area contributed by atoms with Crippen molar-refractivity contribution < 1.29 is 9.22 Å². The zero-order valence-corrected chi connectivity index (χ0v) is 22.1. The highest BCUT2D eigenvalue weighted by Crippen LogP contribution is 2.38. The molecular formula is C26H35N5O2Si. The SMILES string of the molecule is CNC(=O)c1ccc(-n2nc3c(c2CO[Si](C)(C)C(C)(C)C)CN(Cc2ccccc2)C3)cn1. The molecule has 3 heterocycles. The van der Waals surface area contributed by atoms with Crippen molar-refractivity contribution in [2.24, 2.45) is 0 Å².